The Bertz CT molecular complexity index is 487. The summed E-state index contributed by atoms with van der Waals surface area (Å²) in [7, 11) is 0. The third-order valence-electron chi connectivity index (χ3n) is 3.47. The molecule has 116 valence electrons. The van der Waals surface area contributed by atoms with Crippen molar-refractivity contribution in [3.05, 3.63) is 16.4 Å². The fraction of sp³-hybridized carbons (Fsp3) is 0.714. The van der Waals surface area contributed by atoms with Gasteiger partial charge in [-0.05, 0) is 18.8 Å². The van der Waals surface area contributed by atoms with E-state index in [1.165, 1.54) is 12.7 Å². The molecule has 0 amide bonds. The normalized spacial score (nSPS) is 16.0. The van der Waals surface area contributed by atoms with Gasteiger partial charge < -0.3 is 10.1 Å². The van der Waals surface area contributed by atoms with E-state index in [9.17, 15) is 10.1 Å². The van der Waals surface area contributed by atoms with Crippen molar-refractivity contribution in [1.82, 2.24) is 9.97 Å². The molecular weight excluding hydrogens is 272 g/mol. The lowest BCUT2D eigenvalue weighted by atomic mass is 9.95. The Labute approximate surface area is 124 Å². The van der Waals surface area contributed by atoms with E-state index >= 15 is 0 Å². The van der Waals surface area contributed by atoms with E-state index in [0.717, 1.165) is 25.7 Å². The molecular formula is C14H22N4O3. The van der Waals surface area contributed by atoms with Crippen LogP contribution in [0.5, 0.6) is 5.88 Å². The molecule has 0 aliphatic heterocycles. The molecule has 0 aromatic carbocycles. The number of rotatable bonds is 6. The van der Waals surface area contributed by atoms with Crippen LogP contribution in [0.25, 0.3) is 0 Å². The van der Waals surface area contributed by atoms with Gasteiger partial charge in [0.05, 0.1) is 11.5 Å². The standard InChI is InChI=1S/C14H22N4O3/c1-10(2)8-21-14-12(18(19)20)13(15-9-16-14)17-11-6-4-3-5-7-11/h9-11H,3-8H2,1-2H3,(H,15,16,17). The van der Waals surface area contributed by atoms with Gasteiger partial charge in [-0.2, -0.15) is 4.98 Å². The minimum absolute atomic E-state index is 0.0435. The molecule has 1 heterocycles. The van der Waals surface area contributed by atoms with Gasteiger partial charge in [0.15, 0.2) is 0 Å². The maximum absolute atomic E-state index is 11.3. The average molecular weight is 294 g/mol. The SMILES string of the molecule is CC(C)COc1ncnc(NC2CCCCC2)c1[N+](=O)[O-]. The lowest BCUT2D eigenvalue weighted by molar-refractivity contribution is -0.385. The second-order valence-corrected chi connectivity index (χ2v) is 5.82. The molecule has 0 bridgehead atoms. The zero-order valence-electron chi connectivity index (χ0n) is 12.5. The largest absolute Gasteiger partial charge is 0.472 e. The molecule has 7 heteroatoms. The topological polar surface area (TPSA) is 90.2 Å². The summed E-state index contributed by atoms with van der Waals surface area (Å²) >= 11 is 0. The monoisotopic (exact) mass is 294 g/mol. The molecule has 21 heavy (non-hydrogen) atoms. The fourth-order valence-corrected chi connectivity index (χ4v) is 2.42. The first-order valence-electron chi connectivity index (χ1n) is 7.46. The molecule has 0 unspecified atom stereocenters. The highest BCUT2D eigenvalue weighted by molar-refractivity contribution is 5.61. The summed E-state index contributed by atoms with van der Waals surface area (Å²) in [5.74, 6) is 0.581. The molecule has 1 aliphatic rings. The summed E-state index contributed by atoms with van der Waals surface area (Å²) in [6, 6.07) is 0.241. The van der Waals surface area contributed by atoms with Gasteiger partial charge in [0, 0.05) is 6.04 Å². The second-order valence-electron chi connectivity index (χ2n) is 5.82. The van der Waals surface area contributed by atoms with E-state index in [1.807, 2.05) is 13.8 Å². The summed E-state index contributed by atoms with van der Waals surface area (Å²) in [6.45, 7) is 4.35. The van der Waals surface area contributed by atoms with Crippen molar-refractivity contribution in [2.24, 2.45) is 5.92 Å². The molecule has 1 aliphatic carbocycles. The highest BCUT2D eigenvalue weighted by Gasteiger charge is 2.26. The van der Waals surface area contributed by atoms with E-state index < -0.39 is 4.92 Å². The number of hydrogen-bond acceptors (Lipinski definition) is 6. The van der Waals surface area contributed by atoms with Gasteiger partial charge in [-0.25, -0.2) is 4.98 Å². The number of nitro groups is 1. The van der Waals surface area contributed by atoms with E-state index in [-0.39, 0.29) is 29.3 Å². The van der Waals surface area contributed by atoms with Gasteiger partial charge in [-0.15, -0.1) is 0 Å². The quantitative estimate of drug-likeness (QED) is 0.640. The van der Waals surface area contributed by atoms with Gasteiger partial charge in [0.1, 0.15) is 6.33 Å². The van der Waals surface area contributed by atoms with Crippen molar-refractivity contribution in [2.45, 2.75) is 52.0 Å². The van der Waals surface area contributed by atoms with Crippen LogP contribution in [0, 0.1) is 16.0 Å². The molecule has 0 saturated heterocycles. The predicted molar refractivity (Wildman–Crippen MR) is 79.5 cm³/mol. The molecule has 1 fully saturated rings. The molecule has 1 saturated carbocycles. The highest BCUT2D eigenvalue weighted by atomic mass is 16.6. The number of ether oxygens (including phenoxy) is 1. The smallest absolute Gasteiger partial charge is 0.372 e. The van der Waals surface area contributed by atoms with Crippen molar-refractivity contribution >= 4 is 11.5 Å². The van der Waals surface area contributed by atoms with Crippen LogP contribution >= 0.6 is 0 Å². The van der Waals surface area contributed by atoms with Crippen LogP contribution in [0.3, 0.4) is 0 Å². The van der Waals surface area contributed by atoms with E-state index in [1.54, 1.807) is 0 Å². The Morgan fingerprint density at radius 2 is 2.10 bits per heavy atom. The van der Waals surface area contributed by atoms with Gasteiger partial charge in [-0.1, -0.05) is 33.1 Å². The Kier molecular flexibility index (Phi) is 5.30. The third kappa shape index (κ3) is 4.27. The molecule has 0 spiro atoms. The molecule has 1 N–H and O–H groups in total. The van der Waals surface area contributed by atoms with Crippen LogP contribution in [0.1, 0.15) is 46.0 Å². The molecule has 0 radical (unpaired) electrons. The molecule has 1 aromatic rings. The first-order chi connectivity index (χ1) is 10.1. The van der Waals surface area contributed by atoms with Crippen LogP contribution in [-0.2, 0) is 0 Å². The van der Waals surface area contributed by atoms with Crippen LogP contribution in [0.2, 0.25) is 0 Å². The Balaban J connectivity index is 2.18. The summed E-state index contributed by atoms with van der Waals surface area (Å²) < 4.78 is 5.46. The summed E-state index contributed by atoms with van der Waals surface area (Å²) in [6.07, 6.45) is 6.87. The number of nitrogens with zero attached hydrogens (tertiary/aromatic N) is 3. The average Bonchev–Trinajstić information content (AvgIpc) is 2.46. The zero-order valence-corrected chi connectivity index (χ0v) is 12.5. The minimum Gasteiger partial charge on any atom is -0.472 e. The highest BCUT2D eigenvalue weighted by Crippen LogP contribution is 2.33. The lowest BCUT2D eigenvalue weighted by Crippen LogP contribution is -2.23. The first kappa shape index (κ1) is 15.5. The van der Waals surface area contributed by atoms with Gasteiger partial charge in [0.25, 0.3) is 5.88 Å². The Morgan fingerprint density at radius 1 is 1.38 bits per heavy atom. The van der Waals surface area contributed by atoms with Gasteiger partial charge in [-0.3, -0.25) is 10.1 Å². The zero-order chi connectivity index (χ0) is 15.2. The minimum atomic E-state index is -0.471. The van der Waals surface area contributed by atoms with Crippen molar-refractivity contribution in [3.63, 3.8) is 0 Å². The Morgan fingerprint density at radius 3 is 2.71 bits per heavy atom. The molecule has 1 aromatic heterocycles. The number of aromatic nitrogens is 2. The summed E-state index contributed by atoms with van der Waals surface area (Å²) in [4.78, 5) is 18.8. The Hall–Kier alpha value is -1.92. The summed E-state index contributed by atoms with van der Waals surface area (Å²) in [5.41, 5.74) is -0.163. The van der Waals surface area contributed by atoms with Crippen LogP contribution in [0.15, 0.2) is 6.33 Å². The maximum Gasteiger partial charge on any atom is 0.372 e. The van der Waals surface area contributed by atoms with Gasteiger partial charge >= 0.3 is 5.69 Å². The number of nitrogens with one attached hydrogen (secondary N) is 1. The molecule has 7 nitrogen and oxygen atoms in total. The van der Waals surface area contributed by atoms with Crippen molar-refractivity contribution in [1.29, 1.82) is 0 Å². The van der Waals surface area contributed by atoms with E-state index in [4.69, 9.17) is 4.74 Å². The van der Waals surface area contributed by atoms with Crippen LogP contribution in [-0.4, -0.2) is 27.5 Å². The van der Waals surface area contributed by atoms with Crippen LogP contribution in [0.4, 0.5) is 11.5 Å². The predicted octanol–water partition coefficient (Wildman–Crippen LogP) is 3.16. The summed E-state index contributed by atoms with van der Waals surface area (Å²) in [5, 5.41) is 14.5. The van der Waals surface area contributed by atoms with Gasteiger partial charge in [0.2, 0.25) is 5.82 Å². The van der Waals surface area contributed by atoms with Crippen molar-refractivity contribution in [2.75, 3.05) is 11.9 Å². The first-order valence-corrected chi connectivity index (χ1v) is 7.46. The van der Waals surface area contributed by atoms with E-state index in [0.29, 0.717) is 6.61 Å². The number of hydrogen-bond donors (Lipinski definition) is 1. The second kappa shape index (κ2) is 7.19. The molecule has 2 rings (SSSR count). The lowest BCUT2D eigenvalue weighted by Gasteiger charge is -2.23. The van der Waals surface area contributed by atoms with Crippen molar-refractivity contribution in [3.8, 4) is 5.88 Å². The molecule has 0 atom stereocenters. The maximum atomic E-state index is 11.3. The van der Waals surface area contributed by atoms with Crippen molar-refractivity contribution < 1.29 is 9.66 Å². The van der Waals surface area contributed by atoms with Crippen LogP contribution < -0.4 is 10.1 Å². The fourth-order valence-electron chi connectivity index (χ4n) is 2.42. The van der Waals surface area contributed by atoms with E-state index in [2.05, 4.69) is 15.3 Å². The third-order valence-corrected chi connectivity index (χ3v) is 3.47. The number of anilines is 1.